The zero-order valence-corrected chi connectivity index (χ0v) is 16.9. The lowest BCUT2D eigenvalue weighted by Gasteiger charge is -2.09. The number of H-pyrrole nitrogens is 1. The zero-order chi connectivity index (χ0) is 20.9. The molecule has 4 N–H and O–H groups in total. The van der Waals surface area contributed by atoms with Crippen LogP contribution in [0.2, 0.25) is 0 Å². The number of hydrogen-bond acceptors (Lipinski definition) is 8. The third kappa shape index (κ3) is 3.85. The Morgan fingerprint density at radius 3 is 2.97 bits per heavy atom. The van der Waals surface area contributed by atoms with Crippen LogP contribution in [0.3, 0.4) is 0 Å². The van der Waals surface area contributed by atoms with Gasteiger partial charge >= 0.3 is 0 Å². The van der Waals surface area contributed by atoms with Crippen molar-refractivity contribution in [2.45, 2.75) is 6.42 Å². The number of benzene rings is 1. The number of rotatable bonds is 8. The van der Waals surface area contributed by atoms with E-state index in [1.165, 1.54) is 28.5 Å². The molecule has 152 valence electrons. The predicted molar refractivity (Wildman–Crippen MR) is 117 cm³/mol. The Hall–Kier alpha value is -3.79. The van der Waals surface area contributed by atoms with Crippen LogP contribution < -0.4 is 16.0 Å². The van der Waals surface area contributed by atoms with Crippen LogP contribution in [0.5, 0.6) is 0 Å². The normalized spacial score (nSPS) is 11.6. The largest absolute Gasteiger partial charge is 0.393 e. The number of carbonyl (C=O) groups is 2. The minimum absolute atomic E-state index is 0.152. The fourth-order valence-corrected chi connectivity index (χ4v) is 3.82. The number of aromatic nitrogens is 4. The van der Waals surface area contributed by atoms with Gasteiger partial charge in [-0.05, 0) is 18.1 Å². The number of carbonyl (C=O) groups excluding carboxylic acids is 2. The Morgan fingerprint density at radius 2 is 2.13 bits per heavy atom. The Bertz CT molecular complexity index is 1240. The van der Waals surface area contributed by atoms with Crippen LogP contribution in [-0.4, -0.2) is 45.8 Å². The molecular formula is C20H19N7O2S. The van der Waals surface area contributed by atoms with Crippen molar-refractivity contribution in [2.75, 3.05) is 18.9 Å². The molecule has 30 heavy (non-hydrogen) atoms. The molecule has 9 nitrogen and oxygen atoms in total. The van der Waals surface area contributed by atoms with Gasteiger partial charge in [-0.2, -0.15) is 0 Å². The topological polar surface area (TPSA) is 125 Å². The Balaban J connectivity index is 1.60. The number of aromatic amines is 1. The molecular weight excluding hydrogens is 402 g/mol. The van der Waals surface area contributed by atoms with E-state index in [0.29, 0.717) is 29.1 Å². The summed E-state index contributed by atoms with van der Waals surface area (Å²) in [5, 5.41) is 9.42. The fraction of sp³-hybridized carbons (Fsp3) is 0.150. The van der Waals surface area contributed by atoms with Gasteiger partial charge in [0.15, 0.2) is 11.6 Å². The van der Waals surface area contributed by atoms with Crippen LogP contribution in [0.1, 0.15) is 11.4 Å². The van der Waals surface area contributed by atoms with Crippen molar-refractivity contribution in [2.24, 2.45) is 0 Å². The summed E-state index contributed by atoms with van der Waals surface area (Å²) in [5.41, 5.74) is 4.77. The average Bonchev–Trinajstić information content (AvgIpc) is 3.39. The van der Waals surface area contributed by atoms with Gasteiger partial charge in [0.1, 0.15) is 15.9 Å². The summed E-state index contributed by atoms with van der Waals surface area (Å²) in [4.78, 5) is 40.1. The van der Waals surface area contributed by atoms with Crippen molar-refractivity contribution in [3.05, 3.63) is 53.6 Å². The van der Waals surface area contributed by atoms with Gasteiger partial charge in [-0.25, -0.2) is 15.0 Å². The van der Waals surface area contributed by atoms with E-state index in [1.807, 2.05) is 24.4 Å². The Kier molecular flexibility index (Phi) is 5.66. The first-order chi connectivity index (χ1) is 14.7. The molecule has 0 atom stereocenters. The highest BCUT2D eigenvalue weighted by Gasteiger charge is 2.18. The summed E-state index contributed by atoms with van der Waals surface area (Å²) in [6.45, 7) is 0.622. The first kappa shape index (κ1) is 19.5. The molecule has 0 radical (unpaired) electrons. The van der Waals surface area contributed by atoms with Gasteiger partial charge < -0.3 is 15.6 Å². The molecule has 10 heteroatoms. The summed E-state index contributed by atoms with van der Waals surface area (Å²) in [6, 6.07) is 8.15. The second-order valence-electron chi connectivity index (χ2n) is 6.38. The number of anilines is 1. The minimum Gasteiger partial charge on any atom is -0.393 e. The highest BCUT2D eigenvalue weighted by molar-refractivity contribution is 7.16. The van der Waals surface area contributed by atoms with Gasteiger partial charge in [-0.3, -0.25) is 14.9 Å². The van der Waals surface area contributed by atoms with E-state index in [0.717, 1.165) is 11.9 Å². The van der Waals surface area contributed by atoms with Gasteiger partial charge in [0.25, 0.3) is 5.91 Å². The number of imide groups is 1. The van der Waals surface area contributed by atoms with Crippen LogP contribution in [0, 0.1) is 0 Å². The third-order valence-corrected chi connectivity index (χ3v) is 5.24. The van der Waals surface area contributed by atoms with E-state index in [1.54, 1.807) is 12.6 Å². The van der Waals surface area contributed by atoms with E-state index < -0.39 is 5.91 Å². The number of nitrogens with zero attached hydrogens (tertiary/aromatic N) is 3. The van der Waals surface area contributed by atoms with Crippen LogP contribution >= 0.6 is 11.3 Å². The van der Waals surface area contributed by atoms with Gasteiger partial charge in [0.2, 0.25) is 6.41 Å². The maximum atomic E-state index is 12.2. The van der Waals surface area contributed by atoms with Gasteiger partial charge in [-0.1, -0.05) is 18.2 Å². The fourth-order valence-electron chi connectivity index (χ4n) is 3.17. The smallest absolute Gasteiger partial charge is 0.262 e. The van der Waals surface area contributed by atoms with Gasteiger partial charge in [0.05, 0.1) is 5.51 Å². The first-order valence-electron chi connectivity index (χ1n) is 9.23. The number of thiazole rings is 1. The van der Waals surface area contributed by atoms with Crippen LogP contribution in [0.25, 0.3) is 26.8 Å². The first-order valence-corrected chi connectivity index (χ1v) is 10.1. The van der Waals surface area contributed by atoms with Crippen molar-refractivity contribution >= 4 is 56.3 Å². The maximum absolute atomic E-state index is 12.2. The molecule has 0 saturated heterocycles. The molecule has 0 spiro atoms. The average molecular weight is 421 g/mol. The van der Waals surface area contributed by atoms with Crippen molar-refractivity contribution < 1.29 is 9.59 Å². The Morgan fingerprint density at radius 1 is 1.27 bits per heavy atom. The van der Waals surface area contributed by atoms with Crippen LogP contribution in [-0.2, 0) is 16.0 Å². The van der Waals surface area contributed by atoms with Gasteiger partial charge in [-0.15, -0.1) is 11.3 Å². The molecule has 0 aliphatic carbocycles. The van der Waals surface area contributed by atoms with Crippen molar-refractivity contribution in [3.8, 4) is 0 Å². The van der Waals surface area contributed by atoms with E-state index in [9.17, 15) is 9.59 Å². The maximum Gasteiger partial charge on any atom is 0.262 e. The van der Waals surface area contributed by atoms with E-state index in [-0.39, 0.29) is 11.4 Å². The molecule has 1 aromatic carbocycles. The summed E-state index contributed by atoms with van der Waals surface area (Å²) in [5.74, 6) is 0.153. The lowest BCUT2D eigenvalue weighted by molar-refractivity contribution is -0.121. The SMILES string of the molecule is CN/C=C(\C(=O)NC=O)c1nc(NCCc2c[nH]c3ccccc23)c2ncsc2n1. The lowest BCUT2D eigenvalue weighted by atomic mass is 10.1. The monoisotopic (exact) mass is 421 g/mol. The second-order valence-corrected chi connectivity index (χ2v) is 7.21. The molecule has 3 heterocycles. The molecule has 3 aromatic heterocycles. The zero-order valence-electron chi connectivity index (χ0n) is 16.1. The number of para-hydroxylation sites is 1. The van der Waals surface area contributed by atoms with Crippen molar-refractivity contribution in [1.82, 2.24) is 30.6 Å². The minimum atomic E-state index is -0.590. The lowest BCUT2D eigenvalue weighted by Crippen LogP contribution is -2.24. The number of fused-ring (bicyclic) bond motifs is 2. The summed E-state index contributed by atoms with van der Waals surface area (Å²) in [6.07, 6.45) is 4.57. The van der Waals surface area contributed by atoms with E-state index in [2.05, 4.69) is 42.0 Å². The number of nitrogens with one attached hydrogen (secondary N) is 4. The highest BCUT2D eigenvalue weighted by atomic mass is 32.1. The number of hydrogen-bond donors (Lipinski definition) is 4. The van der Waals surface area contributed by atoms with E-state index in [4.69, 9.17) is 0 Å². The molecule has 0 fully saturated rings. The summed E-state index contributed by atoms with van der Waals surface area (Å²) >= 11 is 1.35. The summed E-state index contributed by atoms with van der Waals surface area (Å²) < 4.78 is 0. The third-order valence-electron chi connectivity index (χ3n) is 4.52. The highest BCUT2D eigenvalue weighted by Crippen LogP contribution is 2.25. The van der Waals surface area contributed by atoms with Crippen molar-refractivity contribution in [3.63, 3.8) is 0 Å². The van der Waals surface area contributed by atoms with Crippen molar-refractivity contribution in [1.29, 1.82) is 0 Å². The molecule has 2 amide bonds. The van der Waals surface area contributed by atoms with Crippen LogP contribution in [0.4, 0.5) is 5.82 Å². The molecule has 0 bridgehead atoms. The predicted octanol–water partition coefficient (Wildman–Crippen LogP) is 2.06. The van der Waals surface area contributed by atoms with E-state index >= 15 is 0 Å². The Labute approximate surface area is 175 Å². The standard InChI is InChI=1S/C20H19N7O2S/c1-21-9-14(19(29)24-10-28)17-26-18(16-20(27-17)30-11-25-16)22-7-6-12-8-23-15-5-3-2-4-13(12)15/h2-5,8-11,21,23H,6-7H2,1H3,(H,22,26,27)(H,24,28,29)/b14-9-. The molecule has 0 unspecified atom stereocenters. The molecule has 0 saturated carbocycles. The summed E-state index contributed by atoms with van der Waals surface area (Å²) in [7, 11) is 1.65. The molecule has 0 aliphatic rings. The van der Waals surface area contributed by atoms with Gasteiger partial charge in [0, 0.05) is 36.9 Å². The molecule has 4 rings (SSSR count). The number of amides is 2. The molecule has 4 aromatic rings. The second kappa shape index (κ2) is 8.70. The molecule has 0 aliphatic heterocycles. The quantitative estimate of drug-likeness (QED) is 0.253. The van der Waals surface area contributed by atoms with Crippen LogP contribution in [0.15, 0.2) is 42.2 Å².